The van der Waals surface area contributed by atoms with E-state index in [-0.39, 0.29) is 11.3 Å². The average Bonchev–Trinajstić information content (AvgIpc) is 3.09. The average molecular weight is 451 g/mol. The predicted octanol–water partition coefficient (Wildman–Crippen LogP) is 4.99. The molecular weight excluding hydrogens is 424 g/mol. The number of nitrogens with zero attached hydrogens (tertiary/aromatic N) is 3. The second kappa shape index (κ2) is 7.62. The standard InChI is InChI=1S/C28H26N4O2/c1-15-8-10-18(11-9-15)21-22-24(19-6-4-5-7-20(19)25(22)33)29-26-23(21)27(34)31-28(30-26)32-13-16(2)12-17(3)14-32/h4-11,16-17H,12-14H2,1-3H3,(H,29,30,31,34)/t16-,17-/m0/s1. The number of hydrogen-bond acceptors (Lipinski definition) is 5. The van der Waals surface area contributed by atoms with Gasteiger partial charge in [-0.3, -0.25) is 14.6 Å². The summed E-state index contributed by atoms with van der Waals surface area (Å²) in [6.07, 6.45) is 1.16. The smallest absolute Gasteiger partial charge is 0.262 e. The van der Waals surface area contributed by atoms with Crippen molar-refractivity contribution in [3.8, 4) is 22.4 Å². The van der Waals surface area contributed by atoms with Crippen LogP contribution in [0.4, 0.5) is 5.95 Å². The van der Waals surface area contributed by atoms with E-state index in [4.69, 9.17) is 9.97 Å². The summed E-state index contributed by atoms with van der Waals surface area (Å²) >= 11 is 0. The summed E-state index contributed by atoms with van der Waals surface area (Å²) in [5.74, 6) is 1.49. The molecule has 1 fully saturated rings. The molecule has 2 aliphatic rings. The van der Waals surface area contributed by atoms with Crippen LogP contribution in [0.5, 0.6) is 0 Å². The van der Waals surface area contributed by atoms with Crippen molar-refractivity contribution in [3.05, 3.63) is 75.6 Å². The number of hydrogen-bond donors (Lipinski definition) is 1. The van der Waals surface area contributed by atoms with E-state index in [9.17, 15) is 9.59 Å². The SMILES string of the molecule is Cc1ccc(-c2c3c(nc4nc(N5C[C@@H](C)C[C@H](C)C5)[nH]c(=O)c24)-c2ccccc2C3=O)cc1. The summed E-state index contributed by atoms with van der Waals surface area (Å²) in [4.78, 5) is 41.9. The Balaban J connectivity index is 1.65. The number of H-pyrrole nitrogens is 1. The van der Waals surface area contributed by atoms with Gasteiger partial charge in [-0.25, -0.2) is 4.98 Å². The minimum atomic E-state index is -0.263. The lowest BCUT2D eigenvalue weighted by Crippen LogP contribution is -2.40. The Morgan fingerprint density at radius 2 is 1.56 bits per heavy atom. The zero-order chi connectivity index (χ0) is 23.6. The Kier molecular flexibility index (Phi) is 4.66. The van der Waals surface area contributed by atoms with E-state index < -0.39 is 0 Å². The molecule has 2 aromatic carbocycles. The molecule has 0 saturated carbocycles. The van der Waals surface area contributed by atoms with Gasteiger partial charge in [-0.2, -0.15) is 4.98 Å². The quantitative estimate of drug-likeness (QED) is 0.410. The van der Waals surface area contributed by atoms with Crippen LogP contribution in [-0.2, 0) is 0 Å². The number of ketones is 1. The van der Waals surface area contributed by atoms with Gasteiger partial charge in [-0.1, -0.05) is 67.9 Å². The summed E-state index contributed by atoms with van der Waals surface area (Å²) in [7, 11) is 0. The highest BCUT2D eigenvalue weighted by atomic mass is 16.1. The molecule has 2 aromatic heterocycles. The minimum Gasteiger partial charge on any atom is -0.342 e. The largest absolute Gasteiger partial charge is 0.342 e. The highest BCUT2D eigenvalue weighted by Crippen LogP contribution is 2.42. The predicted molar refractivity (Wildman–Crippen MR) is 134 cm³/mol. The number of pyridine rings is 1. The molecule has 34 heavy (non-hydrogen) atoms. The van der Waals surface area contributed by atoms with Gasteiger partial charge in [0, 0.05) is 29.8 Å². The van der Waals surface area contributed by atoms with E-state index in [1.54, 1.807) is 0 Å². The molecule has 1 saturated heterocycles. The molecule has 3 heterocycles. The van der Waals surface area contributed by atoms with Crippen molar-refractivity contribution < 1.29 is 4.79 Å². The minimum absolute atomic E-state index is 0.0993. The molecule has 6 nitrogen and oxygen atoms in total. The van der Waals surface area contributed by atoms with Crippen LogP contribution in [-0.4, -0.2) is 33.8 Å². The molecule has 2 atom stereocenters. The van der Waals surface area contributed by atoms with Crippen LogP contribution in [0.3, 0.4) is 0 Å². The molecule has 1 aliphatic heterocycles. The third kappa shape index (κ3) is 3.16. The lowest BCUT2D eigenvalue weighted by Gasteiger charge is -2.35. The summed E-state index contributed by atoms with van der Waals surface area (Å²) in [6.45, 7) is 8.16. The molecular formula is C28H26N4O2. The molecule has 0 amide bonds. The number of carbonyl (C=O) groups is 1. The second-order valence-electron chi connectivity index (χ2n) is 9.89. The molecule has 0 radical (unpaired) electrons. The number of aromatic nitrogens is 3. The molecule has 0 spiro atoms. The van der Waals surface area contributed by atoms with Crippen LogP contribution < -0.4 is 10.5 Å². The Morgan fingerprint density at radius 1 is 0.882 bits per heavy atom. The summed E-state index contributed by atoms with van der Waals surface area (Å²) in [5.41, 5.74) is 5.15. The number of anilines is 1. The van der Waals surface area contributed by atoms with Crippen LogP contribution >= 0.6 is 0 Å². The van der Waals surface area contributed by atoms with E-state index in [1.165, 1.54) is 0 Å². The van der Waals surface area contributed by atoms with Gasteiger partial charge in [0.1, 0.15) is 0 Å². The highest BCUT2D eigenvalue weighted by molar-refractivity contribution is 6.26. The summed E-state index contributed by atoms with van der Waals surface area (Å²) in [6, 6.07) is 15.4. The van der Waals surface area contributed by atoms with Crippen LogP contribution in [0, 0.1) is 18.8 Å². The molecule has 0 bridgehead atoms. The first kappa shape index (κ1) is 20.8. The van der Waals surface area contributed by atoms with Crippen LogP contribution in [0.15, 0.2) is 53.3 Å². The van der Waals surface area contributed by atoms with Crippen molar-refractivity contribution in [2.24, 2.45) is 11.8 Å². The van der Waals surface area contributed by atoms with E-state index in [0.717, 1.165) is 36.2 Å². The Hall–Kier alpha value is -3.80. The fourth-order valence-corrected chi connectivity index (χ4v) is 5.59. The van der Waals surface area contributed by atoms with Crippen molar-refractivity contribution in [1.82, 2.24) is 15.0 Å². The van der Waals surface area contributed by atoms with Gasteiger partial charge < -0.3 is 4.90 Å². The van der Waals surface area contributed by atoms with Crippen molar-refractivity contribution in [2.75, 3.05) is 18.0 Å². The Bertz CT molecular complexity index is 1510. The fourth-order valence-electron chi connectivity index (χ4n) is 5.59. The van der Waals surface area contributed by atoms with E-state index in [1.807, 2.05) is 55.5 Å². The number of piperidine rings is 1. The van der Waals surface area contributed by atoms with Gasteiger partial charge >= 0.3 is 0 Å². The van der Waals surface area contributed by atoms with E-state index in [0.29, 0.717) is 51.2 Å². The van der Waals surface area contributed by atoms with E-state index in [2.05, 4.69) is 23.7 Å². The topological polar surface area (TPSA) is 79.0 Å². The first-order chi connectivity index (χ1) is 16.4. The number of aromatic amines is 1. The Labute approximate surface area is 197 Å². The molecule has 1 N–H and O–H groups in total. The number of nitrogens with one attached hydrogen (secondary N) is 1. The zero-order valence-electron chi connectivity index (χ0n) is 19.6. The molecule has 170 valence electrons. The maximum absolute atomic E-state index is 13.6. The molecule has 0 unspecified atom stereocenters. The van der Waals surface area contributed by atoms with E-state index >= 15 is 0 Å². The number of fused-ring (bicyclic) bond motifs is 4. The third-order valence-electron chi connectivity index (χ3n) is 7.00. The molecule has 4 aromatic rings. The third-order valence-corrected chi connectivity index (χ3v) is 7.00. The first-order valence-electron chi connectivity index (χ1n) is 11.8. The van der Waals surface area contributed by atoms with Gasteiger partial charge in [-0.05, 0) is 30.7 Å². The van der Waals surface area contributed by atoms with Crippen molar-refractivity contribution in [2.45, 2.75) is 27.2 Å². The summed E-state index contributed by atoms with van der Waals surface area (Å²) < 4.78 is 0. The van der Waals surface area contributed by atoms with Crippen LogP contribution in [0.2, 0.25) is 0 Å². The second-order valence-corrected chi connectivity index (χ2v) is 9.89. The Morgan fingerprint density at radius 3 is 2.26 bits per heavy atom. The summed E-state index contributed by atoms with van der Waals surface area (Å²) in [5, 5.41) is 0.366. The van der Waals surface area contributed by atoms with Crippen LogP contribution in [0.25, 0.3) is 33.4 Å². The number of rotatable bonds is 2. The number of benzene rings is 2. The van der Waals surface area contributed by atoms with Crippen molar-refractivity contribution in [1.29, 1.82) is 0 Å². The fraction of sp³-hybridized carbons (Fsp3) is 0.286. The maximum atomic E-state index is 13.6. The van der Waals surface area contributed by atoms with Gasteiger partial charge in [0.25, 0.3) is 5.56 Å². The highest BCUT2D eigenvalue weighted by Gasteiger charge is 2.34. The van der Waals surface area contributed by atoms with Crippen molar-refractivity contribution in [3.63, 3.8) is 0 Å². The zero-order valence-corrected chi connectivity index (χ0v) is 19.6. The number of carbonyl (C=O) groups excluding carboxylic acids is 1. The molecule has 6 heteroatoms. The van der Waals surface area contributed by atoms with Crippen LogP contribution in [0.1, 0.15) is 41.8 Å². The maximum Gasteiger partial charge on any atom is 0.262 e. The van der Waals surface area contributed by atoms with Gasteiger partial charge in [-0.15, -0.1) is 0 Å². The lowest BCUT2D eigenvalue weighted by atomic mass is 9.92. The van der Waals surface area contributed by atoms with Crippen molar-refractivity contribution >= 4 is 22.8 Å². The van der Waals surface area contributed by atoms with Gasteiger partial charge in [0.2, 0.25) is 5.95 Å². The van der Waals surface area contributed by atoms with Gasteiger partial charge in [0.05, 0.1) is 16.6 Å². The lowest BCUT2D eigenvalue weighted by molar-refractivity contribution is 0.104. The normalized spacial score (nSPS) is 19.4. The number of aryl methyl sites for hydroxylation is 1. The monoisotopic (exact) mass is 450 g/mol. The first-order valence-corrected chi connectivity index (χ1v) is 11.8. The molecule has 1 aliphatic carbocycles. The molecule has 6 rings (SSSR count). The van der Waals surface area contributed by atoms with Gasteiger partial charge in [0.15, 0.2) is 11.4 Å².